The Morgan fingerprint density at radius 2 is 1.67 bits per heavy atom. The number of hydrogen-bond acceptors (Lipinski definition) is 3. The summed E-state index contributed by atoms with van der Waals surface area (Å²) in [4.78, 5) is 22.1. The Labute approximate surface area is 135 Å². The molecule has 0 bridgehead atoms. The summed E-state index contributed by atoms with van der Waals surface area (Å²) in [5.74, 6) is 0.0111. The summed E-state index contributed by atoms with van der Waals surface area (Å²) >= 11 is 15.1. The monoisotopic (exact) mass is 460 g/mol. The van der Waals surface area contributed by atoms with E-state index in [1.165, 1.54) is 0 Å². The Balaban J connectivity index is 2.62. The SMILES string of the molecule is O=C(Cl)CCCC(=O)Oc1c(Br)cc(Br)cc1Br. The summed E-state index contributed by atoms with van der Waals surface area (Å²) in [5.41, 5.74) is 0. The first-order valence-corrected chi connectivity index (χ1v) is 7.69. The van der Waals surface area contributed by atoms with Gasteiger partial charge < -0.3 is 4.74 Å². The zero-order valence-corrected chi connectivity index (χ0v) is 14.5. The van der Waals surface area contributed by atoms with Crippen LogP contribution in [0.2, 0.25) is 0 Å². The van der Waals surface area contributed by atoms with Crippen LogP contribution in [0.5, 0.6) is 5.75 Å². The third kappa shape index (κ3) is 5.38. The van der Waals surface area contributed by atoms with Crippen molar-refractivity contribution in [1.82, 2.24) is 0 Å². The fraction of sp³-hybridized carbons (Fsp3) is 0.273. The van der Waals surface area contributed by atoms with Crippen LogP contribution in [0, 0.1) is 0 Å². The van der Waals surface area contributed by atoms with Gasteiger partial charge in [0, 0.05) is 17.3 Å². The van der Waals surface area contributed by atoms with Crippen molar-refractivity contribution in [3.05, 3.63) is 25.6 Å². The third-order valence-corrected chi connectivity index (χ3v) is 3.76. The van der Waals surface area contributed by atoms with Crippen molar-refractivity contribution < 1.29 is 14.3 Å². The highest BCUT2D eigenvalue weighted by molar-refractivity contribution is 9.11. The molecule has 3 nitrogen and oxygen atoms in total. The summed E-state index contributed by atoms with van der Waals surface area (Å²) in [5, 5.41) is -0.450. The first-order chi connectivity index (χ1) is 8.40. The first-order valence-electron chi connectivity index (χ1n) is 4.93. The van der Waals surface area contributed by atoms with E-state index in [0.717, 1.165) is 4.47 Å². The molecule has 0 saturated heterocycles. The number of rotatable bonds is 5. The topological polar surface area (TPSA) is 43.4 Å². The predicted octanol–water partition coefficient (Wildman–Crippen LogP) is 4.82. The van der Waals surface area contributed by atoms with Gasteiger partial charge in [0.2, 0.25) is 5.24 Å². The molecule has 1 aromatic carbocycles. The molecule has 0 N–H and O–H groups in total. The van der Waals surface area contributed by atoms with E-state index in [1.54, 1.807) is 12.1 Å². The molecular formula is C11H8Br3ClO3. The van der Waals surface area contributed by atoms with E-state index in [1.807, 2.05) is 0 Å². The molecule has 0 aliphatic rings. The van der Waals surface area contributed by atoms with Gasteiger partial charge in [-0.15, -0.1) is 0 Å². The number of esters is 1. The van der Waals surface area contributed by atoms with Gasteiger partial charge in [-0.25, -0.2) is 0 Å². The molecule has 0 radical (unpaired) electrons. The van der Waals surface area contributed by atoms with E-state index in [-0.39, 0.29) is 12.8 Å². The van der Waals surface area contributed by atoms with Gasteiger partial charge in [0.25, 0.3) is 0 Å². The molecule has 7 heteroatoms. The van der Waals surface area contributed by atoms with Gasteiger partial charge >= 0.3 is 5.97 Å². The molecule has 0 amide bonds. The predicted molar refractivity (Wildman–Crippen MR) is 79.9 cm³/mol. The number of carbonyl (C=O) groups excluding carboxylic acids is 2. The summed E-state index contributed by atoms with van der Waals surface area (Å²) in [7, 11) is 0. The second-order valence-corrected chi connectivity index (χ2v) is 6.43. The fourth-order valence-electron chi connectivity index (χ4n) is 1.16. The standard InChI is InChI=1S/C11H8Br3ClO3/c12-6-4-7(13)11(8(14)5-6)18-10(17)3-1-2-9(15)16/h4-5H,1-3H2. The van der Waals surface area contributed by atoms with Gasteiger partial charge in [0.15, 0.2) is 5.75 Å². The van der Waals surface area contributed by atoms with Crippen molar-refractivity contribution in [3.8, 4) is 5.75 Å². The Hall–Kier alpha value is 0.0900. The minimum atomic E-state index is -0.450. The molecule has 0 saturated carbocycles. The number of benzene rings is 1. The average Bonchev–Trinajstić information content (AvgIpc) is 2.22. The van der Waals surface area contributed by atoms with E-state index in [0.29, 0.717) is 21.1 Å². The second-order valence-electron chi connectivity index (χ2n) is 3.38. The van der Waals surface area contributed by atoms with E-state index in [4.69, 9.17) is 16.3 Å². The first kappa shape index (κ1) is 16.1. The number of carbonyl (C=O) groups is 2. The zero-order valence-electron chi connectivity index (χ0n) is 9.01. The number of halogens is 4. The van der Waals surface area contributed by atoms with Crippen LogP contribution in [0.4, 0.5) is 0 Å². The lowest BCUT2D eigenvalue weighted by Crippen LogP contribution is -2.09. The highest BCUT2D eigenvalue weighted by Crippen LogP contribution is 2.36. The number of hydrogen-bond donors (Lipinski definition) is 0. The molecule has 0 unspecified atom stereocenters. The Kier molecular flexibility index (Phi) is 6.84. The summed E-state index contributed by atoms with van der Waals surface area (Å²) in [6, 6.07) is 3.55. The van der Waals surface area contributed by atoms with Crippen molar-refractivity contribution >= 4 is 70.6 Å². The van der Waals surface area contributed by atoms with Gasteiger partial charge in [-0.2, -0.15) is 0 Å². The molecule has 1 aromatic rings. The number of ether oxygens (including phenoxy) is 1. The largest absolute Gasteiger partial charge is 0.424 e. The lowest BCUT2D eigenvalue weighted by molar-refractivity contribution is -0.134. The normalized spacial score (nSPS) is 10.2. The molecular weight excluding hydrogens is 455 g/mol. The Bertz CT molecular complexity index is 454. The van der Waals surface area contributed by atoms with Crippen molar-refractivity contribution in [2.45, 2.75) is 19.3 Å². The molecule has 0 aromatic heterocycles. The van der Waals surface area contributed by atoms with Crippen LogP contribution in [0.25, 0.3) is 0 Å². The van der Waals surface area contributed by atoms with Gasteiger partial charge in [0.1, 0.15) is 0 Å². The molecule has 0 aliphatic heterocycles. The highest BCUT2D eigenvalue weighted by atomic mass is 79.9. The maximum absolute atomic E-state index is 11.6. The lowest BCUT2D eigenvalue weighted by atomic mass is 10.2. The molecule has 1 rings (SSSR count). The van der Waals surface area contributed by atoms with Crippen LogP contribution in [0.15, 0.2) is 25.6 Å². The average molecular weight is 463 g/mol. The van der Waals surface area contributed by atoms with Crippen LogP contribution in [-0.2, 0) is 9.59 Å². The van der Waals surface area contributed by atoms with Gasteiger partial charge in [0.05, 0.1) is 8.95 Å². The molecule has 98 valence electrons. The summed E-state index contributed by atoms with van der Waals surface area (Å²) in [6.45, 7) is 0. The van der Waals surface area contributed by atoms with E-state index < -0.39 is 11.2 Å². The second kappa shape index (κ2) is 7.62. The van der Waals surface area contributed by atoms with Crippen molar-refractivity contribution in [1.29, 1.82) is 0 Å². The minimum absolute atomic E-state index is 0.146. The molecule has 18 heavy (non-hydrogen) atoms. The zero-order chi connectivity index (χ0) is 13.7. The van der Waals surface area contributed by atoms with Gasteiger partial charge in [-0.1, -0.05) is 15.9 Å². The molecule has 0 spiro atoms. The van der Waals surface area contributed by atoms with Crippen LogP contribution in [0.1, 0.15) is 19.3 Å². The molecule has 0 heterocycles. The van der Waals surface area contributed by atoms with Crippen molar-refractivity contribution in [2.75, 3.05) is 0 Å². The molecule has 0 aliphatic carbocycles. The van der Waals surface area contributed by atoms with Crippen LogP contribution in [-0.4, -0.2) is 11.2 Å². The minimum Gasteiger partial charge on any atom is -0.424 e. The van der Waals surface area contributed by atoms with Crippen LogP contribution in [0.3, 0.4) is 0 Å². The maximum atomic E-state index is 11.6. The Morgan fingerprint density at radius 1 is 1.11 bits per heavy atom. The van der Waals surface area contributed by atoms with E-state index >= 15 is 0 Å². The van der Waals surface area contributed by atoms with E-state index in [9.17, 15) is 9.59 Å². The smallest absolute Gasteiger partial charge is 0.311 e. The Morgan fingerprint density at radius 3 is 2.17 bits per heavy atom. The molecule has 0 atom stereocenters. The fourth-order valence-corrected chi connectivity index (χ4v) is 3.72. The van der Waals surface area contributed by atoms with Gasteiger partial charge in [-0.3, -0.25) is 9.59 Å². The van der Waals surface area contributed by atoms with Crippen molar-refractivity contribution in [2.24, 2.45) is 0 Å². The highest BCUT2D eigenvalue weighted by Gasteiger charge is 2.13. The quantitative estimate of drug-likeness (QED) is 0.358. The molecule has 0 fully saturated rings. The van der Waals surface area contributed by atoms with Crippen LogP contribution >= 0.6 is 59.4 Å². The maximum Gasteiger partial charge on any atom is 0.311 e. The summed E-state index contributed by atoms with van der Waals surface area (Å²) in [6.07, 6.45) is 0.694. The van der Waals surface area contributed by atoms with E-state index in [2.05, 4.69) is 47.8 Å². The van der Waals surface area contributed by atoms with Gasteiger partial charge in [-0.05, 0) is 62.0 Å². The van der Waals surface area contributed by atoms with Crippen molar-refractivity contribution in [3.63, 3.8) is 0 Å². The summed E-state index contributed by atoms with van der Waals surface area (Å²) < 4.78 is 7.38. The lowest BCUT2D eigenvalue weighted by Gasteiger charge is -2.08. The van der Waals surface area contributed by atoms with Crippen LogP contribution < -0.4 is 4.74 Å². The third-order valence-electron chi connectivity index (χ3n) is 1.93.